The van der Waals surface area contributed by atoms with Crippen LogP contribution in [0.15, 0.2) is 42.5 Å². The van der Waals surface area contributed by atoms with Gasteiger partial charge < -0.3 is 13.6 Å². The van der Waals surface area contributed by atoms with Gasteiger partial charge in [-0.3, -0.25) is 4.79 Å². The molecule has 0 aliphatic carbocycles. The third kappa shape index (κ3) is 11.8. The number of esters is 1. The summed E-state index contributed by atoms with van der Waals surface area (Å²) in [6.07, 6.45) is 13.0. The van der Waals surface area contributed by atoms with Gasteiger partial charge in [-0.25, -0.2) is 0 Å². The Morgan fingerprint density at radius 1 is 0.571 bits per heavy atom. The molecule has 0 amide bonds. The first kappa shape index (κ1) is 35.9. The molecule has 4 nitrogen and oxygen atoms in total. The van der Waals surface area contributed by atoms with E-state index in [1.54, 1.807) is 0 Å². The fraction of sp³-hybridized carbons (Fsp3) is 0.583. The van der Waals surface area contributed by atoms with Crippen LogP contribution in [-0.2, 0) is 4.79 Å². The SMILES string of the molecule is CCCCCCCCCC(=O)Oc1ccc(/C=C/c2cc(O[Si](CC)(CC)CC)cc(O[Si](CC)(CC)CC)c2)cc1. The quantitative estimate of drug-likeness (QED) is 0.0464. The maximum absolute atomic E-state index is 12.3. The molecule has 0 fully saturated rings. The lowest BCUT2D eigenvalue weighted by Gasteiger charge is -2.31. The van der Waals surface area contributed by atoms with Gasteiger partial charge >= 0.3 is 5.97 Å². The van der Waals surface area contributed by atoms with E-state index in [1.807, 2.05) is 24.3 Å². The molecule has 0 saturated heterocycles. The third-order valence-electron chi connectivity index (χ3n) is 9.00. The summed E-state index contributed by atoms with van der Waals surface area (Å²) in [5.74, 6) is 2.32. The second-order valence-corrected chi connectivity index (χ2v) is 21.1. The van der Waals surface area contributed by atoms with Crippen molar-refractivity contribution in [2.45, 2.75) is 136 Å². The molecule has 0 radical (unpaired) electrons. The van der Waals surface area contributed by atoms with E-state index in [0.29, 0.717) is 12.2 Å². The number of benzene rings is 2. The van der Waals surface area contributed by atoms with Crippen LogP contribution in [0.4, 0.5) is 0 Å². The van der Waals surface area contributed by atoms with Crippen molar-refractivity contribution < 1.29 is 18.4 Å². The monoisotopic (exact) mass is 610 g/mol. The molecule has 2 aromatic rings. The van der Waals surface area contributed by atoms with E-state index in [-0.39, 0.29) is 5.97 Å². The van der Waals surface area contributed by atoms with E-state index in [1.165, 1.54) is 32.1 Å². The average Bonchev–Trinajstić information content (AvgIpc) is 3.02. The second kappa shape index (κ2) is 19.1. The van der Waals surface area contributed by atoms with E-state index in [2.05, 4.69) is 78.8 Å². The van der Waals surface area contributed by atoms with Gasteiger partial charge in [0.05, 0.1) is 0 Å². The summed E-state index contributed by atoms with van der Waals surface area (Å²) in [5, 5.41) is 0. The smallest absolute Gasteiger partial charge is 0.311 e. The topological polar surface area (TPSA) is 44.8 Å². The molecule has 0 aliphatic heterocycles. The second-order valence-electron chi connectivity index (χ2n) is 11.7. The van der Waals surface area contributed by atoms with Crippen LogP contribution in [-0.4, -0.2) is 22.6 Å². The van der Waals surface area contributed by atoms with Crippen molar-refractivity contribution in [1.82, 2.24) is 0 Å². The largest absolute Gasteiger partial charge is 0.543 e. The van der Waals surface area contributed by atoms with Gasteiger partial charge in [-0.1, -0.05) is 111 Å². The van der Waals surface area contributed by atoms with Crippen LogP contribution in [0.2, 0.25) is 36.3 Å². The molecule has 0 N–H and O–H groups in total. The van der Waals surface area contributed by atoms with Crippen LogP contribution in [0.3, 0.4) is 0 Å². The van der Waals surface area contributed by atoms with E-state index in [0.717, 1.165) is 71.7 Å². The first-order chi connectivity index (χ1) is 20.3. The highest BCUT2D eigenvalue weighted by molar-refractivity contribution is 6.74. The molecule has 2 rings (SSSR count). The number of carbonyl (C=O) groups excluding carboxylic acids is 1. The molecule has 42 heavy (non-hydrogen) atoms. The van der Waals surface area contributed by atoms with E-state index < -0.39 is 16.6 Å². The van der Waals surface area contributed by atoms with E-state index in [4.69, 9.17) is 13.6 Å². The minimum atomic E-state index is -1.82. The van der Waals surface area contributed by atoms with Crippen molar-refractivity contribution in [3.8, 4) is 17.2 Å². The maximum Gasteiger partial charge on any atom is 0.311 e. The highest BCUT2D eigenvalue weighted by Crippen LogP contribution is 2.33. The van der Waals surface area contributed by atoms with E-state index >= 15 is 0 Å². The normalized spacial score (nSPS) is 12.1. The predicted octanol–water partition coefficient (Wildman–Crippen LogP) is 11.7. The minimum absolute atomic E-state index is 0.145. The molecule has 0 saturated carbocycles. The summed E-state index contributed by atoms with van der Waals surface area (Å²) in [6, 6.07) is 20.8. The number of hydrogen-bond donors (Lipinski definition) is 0. The zero-order chi connectivity index (χ0) is 30.8. The Balaban J connectivity index is 2.12. The Morgan fingerprint density at radius 2 is 1.02 bits per heavy atom. The van der Waals surface area contributed by atoms with E-state index in [9.17, 15) is 4.79 Å². The van der Waals surface area contributed by atoms with Gasteiger partial charge in [0.25, 0.3) is 0 Å². The highest BCUT2D eigenvalue weighted by Gasteiger charge is 2.33. The molecule has 2 aromatic carbocycles. The van der Waals surface area contributed by atoms with Gasteiger partial charge in [0.1, 0.15) is 17.2 Å². The van der Waals surface area contributed by atoms with Gasteiger partial charge in [0, 0.05) is 12.5 Å². The molecular weight excluding hydrogens is 553 g/mol. The van der Waals surface area contributed by atoms with Crippen LogP contribution in [0.1, 0.15) is 111 Å². The molecule has 0 spiro atoms. The molecule has 234 valence electrons. The van der Waals surface area contributed by atoms with Gasteiger partial charge in [-0.05, 0) is 78.1 Å². The number of ether oxygens (including phenoxy) is 1. The summed E-state index contributed by atoms with van der Waals surface area (Å²) in [4.78, 5) is 12.3. The Kier molecular flexibility index (Phi) is 16.3. The van der Waals surface area contributed by atoms with Crippen molar-refractivity contribution in [1.29, 1.82) is 0 Å². The summed E-state index contributed by atoms with van der Waals surface area (Å²) in [5.41, 5.74) is 2.12. The Morgan fingerprint density at radius 3 is 1.50 bits per heavy atom. The van der Waals surface area contributed by atoms with Crippen LogP contribution >= 0.6 is 0 Å². The predicted molar refractivity (Wildman–Crippen MR) is 186 cm³/mol. The van der Waals surface area contributed by atoms with Crippen LogP contribution < -0.4 is 13.6 Å². The summed E-state index contributed by atoms with van der Waals surface area (Å²) >= 11 is 0. The van der Waals surface area contributed by atoms with Crippen LogP contribution in [0.25, 0.3) is 12.2 Å². The first-order valence-corrected chi connectivity index (χ1v) is 21.9. The lowest BCUT2D eigenvalue weighted by atomic mass is 10.1. The molecular formula is C36H58O4Si2. The zero-order valence-corrected chi connectivity index (χ0v) is 29.7. The molecule has 0 aliphatic rings. The van der Waals surface area contributed by atoms with Crippen molar-refractivity contribution in [2.24, 2.45) is 0 Å². The number of carbonyl (C=O) groups is 1. The third-order valence-corrected chi connectivity index (χ3v) is 18.1. The lowest BCUT2D eigenvalue weighted by molar-refractivity contribution is -0.134. The Bertz CT molecular complexity index is 1020. The number of rotatable bonds is 21. The van der Waals surface area contributed by atoms with Crippen molar-refractivity contribution in [3.05, 3.63) is 53.6 Å². The Labute approximate surface area is 259 Å². The standard InChI is InChI=1S/C36H58O4Si2/c1-8-15-16-17-18-19-20-21-36(37)38-33-26-24-31(25-27-33)22-23-32-28-34(39-41(9-2,10-3)11-4)30-35(29-32)40-42(12-5,13-6)14-7/h22-30H,8-21H2,1-7H3/b23-22+. The minimum Gasteiger partial charge on any atom is -0.543 e. The van der Waals surface area contributed by atoms with Crippen LogP contribution in [0.5, 0.6) is 17.2 Å². The summed E-state index contributed by atoms with van der Waals surface area (Å²) in [7, 11) is -3.64. The average molecular weight is 611 g/mol. The molecule has 6 heteroatoms. The molecule has 0 heterocycles. The Hall–Kier alpha value is -2.32. The van der Waals surface area contributed by atoms with Gasteiger partial charge in [0.15, 0.2) is 0 Å². The van der Waals surface area contributed by atoms with Gasteiger partial charge in [-0.2, -0.15) is 0 Å². The fourth-order valence-electron chi connectivity index (χ4n) is 5.49. The highest BCUT2D eigenvalue weighted by atomic mass is 28.4. The lowest BCUT2D eigenvalue weighted by Crippen LogP contribution is -2.40. The molecule has 0 bridgehead atoms. The molecule has 0 aromatic heterocycles. The van der Waals surface area contributed by atoms with Gasteiger partial charge in [0.2, 0.25) is 16.6 Å². The number of unbranched alkanes of at least 4 members (excludes halogenated alkanes) is 6. The van der Waals surface area contributed by atoms with Crippen molar-refractivity contribution in [3.63, 3.8) is 0 Å². The summed E-state index contributed by atoms with van der Waals surface area (Å²) < 4.78 is 19.2. The molecule has 0 unspecified atom stereocenters. The maximum atomic E-state index is 12.3. The number of hydrogen-bond acceptors (Lipinski definition) is 4. The van der Waals surface area contributed by atoms with Crippen LogP contribution in [0, 0.1) is 0 Å². The van der Waals surface area contributed by atoms with Crippen molar-refractivity contribution in [2.75, 3.05) is 0 Å². The zero-order valence-electron chi connectivity index (χ0n) is 27.7. The first-order valence-electron chi connectivity index (χ1n) is 16.8. The fourth-order valence-corrected chi connectivity index (χ4v) is 10.6. The van der Waals surface area contributed by atoms with Crippen molar-refractivity contribution >= 4 is 34.8 Å². The van der Waals surface area contributed by atoms with Gasteiger partial charge in [-0.15, -0.1) is 0 Å². The molecule has 0 atom stereocenters. The summed E-state index contributed by atoms with van der Waals surface area (Å²) in [6.45, 7) is 15.8.